The summed E-state index contributed by atoms with van der Waals surface area (Å²) < 4.78 is 0.987. The van der Waals surface area contributed by atoms with E-state index in [9.17, 15) is 5.11 Å². The molecule has 1 N–H and O–H groups in total. The summed E-state index contributed by atoms with van der Waals surface area (Å²) in [7, 11) is 0. The Hall–Kier alpha value is -1.91. The van der Waals surface area contributed by atoms with E-state index in [1.807, 2.05) is 37.3 Å². The van der Waals surface area contributed by atoms with Gasteiger partial charge < -0.3 is 5.11 Å². The van der Waals surface area contributed by atoms with Crippen LogP contribution in [0.25, 0.3) is 10.1 Å². The van der Waals surface area contributed by atoms with Crippen molar-refractivity contribution in [3.8, 4) is 5.75 Å². The summed E-state index contributed by atoms with van der Waals surface area (Å²) >= 11 is 7.42. The van der Waals surface area contributed by atoms with Crippen LogP contribution in [0, 0.1) is 6.92 Å². The van der Waals surface area contributed by atoms with Gasteiger partial charge in [0.05, 0.1) is 5.02 Å². The average Bonchev–Trinajstić information content (AvgIpc) is 2.75. The van der Waals surface area contributed by atoms with E-state index >= 15 is 0 Å². The second-order valence-corrected chi connectivity index (χ2v) is 5.84. The molecule has 1 aromatic heterocycles. The zero-order valence-electron chi connectivity index (χ0n) is 10.7. The van der Waals surface area contributed by atoms with E-state index in [4.69, 9.17) is 11.6 Å². The average molecular weight is 303 g/mol. The minimum Gasteiger partial charge on any atom is -0.504 e. The zero-order chi connectivity index (χ0) is 14.1. The number of thiophene rings is 1. The molecular weight excluding hydrogens is 292 g/mol. The van der Waals surface area contributed by atoms with E-state index in [1.165, 1.54) is 11.3 Å². The number of hydrogen-bond donors (Lipinski definition) is 1. The van der Waals surface area contributed by atoms with Gasteiger partial charge in [0.15, 0.2) is 10.8 Å². The number of halogens is 1. The fourth-order valence-corrected chi connectivity index (χ4v) is 2.96. The zero-order valence-corrected chi connectivity index (χ0v) is 12.2. The lowest BCUT2D eigenvalue weighted by Gasteiger charge is -1.94. The predicted molar refractivity (Wildman–Crippen MR) is 83.9 cm³/mol. The molecule has 0 aliphatic rings. The van der Waals surface area contributed by atoms with Gasteiger partial charge in [-0.2, -0.15) is 0 Å². The maximum atomic E-state index is 10.2. The Morgan fingerprint density at radius 1 is 1.10 bits per heavy atom. The van der Waals surface area contributed by atoms with E-state index in [2.05, 4.69) is 10.2 Å². The molecule has 0 atom stereocenters. The molecule has 0 fully saturated rings. The molecule has 0 radical (unpaired) electrons. The summed E-state index contributed by atoms with van der Waals surface area (Å²) in [6.45, 7) is 1.99. The first-order valence-electron chi connectivity index (χ1n) is 6.03. The highest BCUT2D eigenvalue weighted by Gasteiger charge is 2.10. The highest BCUT2D eigenvalue weighted by atomic mass is 35.5. The Morgan fingerprint density at radius 3 is 2.70 bits per heavy atom. The second kappa shape index (κ2) is 5.23. The summed E-state index contributed by atoms with van der Waals surface area (Å²) in [6, 6.07) is 13.1. The lowest BCUT2D eigenvalue weighted by Crippen LogP contribution is -1.69. The molecule has 0 aliphatic carbocycles. The summed E-state index contributed by atoms with van der Waals surface area (Å²) in [6.07, 6.45) is 0. The first kappa shape index (κ1) is 13.1. The van der Waals surface area contributed by atoms with Crippen molar-refractivity contribution in [2.45, 2.75) is 6.92 Å². The van der Waals surface area contributed by atoms with Crippen molar-refractivity contribution in [1.82, 2.24) is 0 Å². The van der Waals surface area contributed by atoms with Crippen LogP contribution >= 0.6 is 22.9 Å². The Balaban J connectivity index is 2.03. The molecule has 0 amide bonds. The number of aromatic hydroxyl groups is 1. The van der Waals surface area contributed by atoms with Gasteiger partial charge >= 0.3 is 0 Å². The van der Waals surface area contributed by atoms with E-state index in [-0.39, 0.29) is 5.75 Å². The SMILES string of the molecule is Cc1ccc2sc(N=Nc3ccccc3Cl)c(O)c2c1. The fraction of sp³-hybridized carbons (Fsp3) is 0.0667. The predicted octanol–water partition coefficient (Wildman–Crippen LogP) is 5.98. The summed E-state index contributed by atoms with van der Waals surface area (Å²) in [5.41, 5.74) is 1.68. The van der Waals surface area contributed by atoms with Crippen molar-refractivity contribution in [1.29, 1.82) is 0 Å². The number of azo groups is 1. The number of benzene rings is 2. The van der Waals surface area contributed by atoms with Crippen LogP contribution in [-0.4, -0.2) is 5.11 Å². The Labute approximate surface area is 125 Å². The number of nitrogens with zero attached hydrogens (tertiary/aromatic N) is 2. The van der Waals surface area contributed by atoms with Crippen LogP contribution in [0.1, 0.15) is 5.56 Å². The number of rotatable bonds is 2. The van der Waals surface area contributed by atoms with E-state index in [0.29, 0.717) is 15.7 Å². The van der Waals surface area contributed by atoms with Crippen LogP contribution in [0.15, 0.2) is 52.7 Å². The van der Waals surface area contributed by atoms with Gasteiger partial charge in [0.2, 0.25) is 0 Å². The molecule has 0 bridgehead atoms. The molecule has 100 valence electrons. The molecule has 2 aromatic carbocycles. The van der Waals surface area contributed by atoms with Gasteiger partial charge in [-0.05, 0) is 31.2 Å². The van der Waals surface area contributed by atoms with Crippen molar-refractivity contribution in [3.63, 3.8) is 0 Å². The highest BCUT2D eigenvalue weighted by molar-refractivity contribution is 7.23. The van der Waals surface area contributed by atoms with Crippen molar-refractivity contribution in [3.05, 3.63) is 53.1 Å². The molecule has 0 saturated carbocycles. The molecule has 0 aliphatic heterocycles. The molecule has 3 nitrogen and oxygen atoms in total. The van der Waals surface area contributed by atoms with Gasteiger partial charge in [-0.3, -0.25) is 0 Å². The number of fused-ring (bicyclic) bond motifs is 1. The van der Waals surface area contributed by atoms with Crippen LogP contribution in [0.4, 0.5) is 10.7 Å². The molecule has 1 heterocycles. The van der Waals surface area contributed by atoms with Gasteiger partial charge in [0.25, 0.3) is 0 Å². The maximum Gasteiger partial charge on any atom is 0.181 e. The molecular formula is C15H11ClN2OS. The molecule has 20 heavy (non-hydrogen) atoms. The first-order valence-corrected chi connectivity index (χ1v) is 7.23. The quantitative estimate of drug-likeness (QED) is 0.581. The van der Waals surface area contributed by atoms with Crippen LogP contribution < -0.4 is 0 Å². The molecule has 5 heteroatoms. The van der Waals surface area contributed by atoms with Gasteiger partial charge in [-0.1, -0.05) is 35.4 Å². The third-order valence-corrected chi connectivity index (χ3v) is 4.26. The smallest absolute Gasteiger partial charge is 0.181 e. The monoisotopic (exact) mass is 302 g/mol. The Bertz CT molecular complexity index is 811. The van der Waals surface area contributed by atoms with E-state index in [1.54, 1.807) is 12.1 Å². The standard InChI is InChI=1S/C15H11ClN2OS/c1-9-6-7-13-10(8-9)14(19)15(20-13)18-17-12-5-3-2-4-11(12)16/h2-8,19H,1H3. The van der Waals surface area contributed by atoms with Crippen LogP contribution in [0.3, 0.4) is 0 Å². The first-order chi connectivity index (χ1) is 9.65. The Morgan fingerprint density at radius 2 is 1.90 bits per heavy atom. The third kappa shape index (κ3) is 2.40. The minimum atomic E-state index is 0.171. The van der Waals surface area contributed by atoms with Crippen molar-refractivity contribution in [2.75, 3.05) is 0 Å². The largest absolute Gasteiger partial charge is 0.504 e. The molecule has 0 saturated heterocycles. The van der Waals surface area contributed by atoms with Gasteiger partial charge in [-0.25, -0.2) is 0 Å². The maximum absolute atomic E-state index is 10.2. The molecule has 3 aromatic rings. The van der Waals surface area contributed by atoms with Crippen molar-refractivity contribution < 1.29 is 5.11 Å². The van der Waals surface area contributed by atoms with Crippen molar-refractivity contribution >= 4 is 43.7 Å². The van der Waals surface area contributed by atoms with Gasteiger partial charge in [0, 0.05) is 10.1 Å². The molecule has 0 spiro atoms. The minimum absolute atomic E-state index is 0.171. The fourth-order valence-electron chi connectivity index (χ4n) is 1.89. The lowest BCUT2D eigenvalue weighted by atomic mass is 10.2. The van der Waals surface area contributed by atoms with Crippen LogP contribution in [-0.2, 0) is 0 Å². The molecule has 3 rings (SSSR count). The summed E-state index contributed by atoms with van der Waals surface area (Å²) in [4.78, 5) is 0. The normalized spacial score (nSPS) is 11.5. The van der Waals surface area contributed by atoms with Gasteiger partial charge in [-0.15, -0.1) is 21.6 Å². The molecule has 0 unspecified atom stereocenters. The van der Waals surface area contributed by atoms with Crippen molar-refractivity contribution in [2.24, 2.45) is 10.2 Å². The topological polar surface area (TPSA) is 45.0 Å². The van der Waals surface area contributed by atoms with E-state index in [0.717, 1.165) is 15.6 Å². The van der Waals surface area contributed by atoms with Gasteiger partial charge in [0.1, 0.15) is 5.69 Å². The lowest BCUT2D eigenvalue weighted by molar-refractivity contribution is 0.484. The highest BCUT2D eigenvalue weighted by Crippen LogP contribution is 2.44. The third-order valence-electron chi connectivity index (χ3n) is 2.90. The summed E-state index contributed by atoms with van der Waals surface area (Å²) in [5.74, 6) is 0.171. The Kier molecular flexibility index (Phi) is 3.42. The summed E-state index contributed by atoms with van der Waals surface area (Å²) in [5, 5.41) is 20.2. The number of aryl methyl sites for hydroxylation is 1. The van der Waals surface area contributed by atoms with Crippen LogP contribution in [0.2, 0.25) is 5.02 Å². The van der Waals surface area contributed by atoms with Crippen LogP contribution in [0.5, 0.6) is 5.75 Å². The second-order valence-electron chi connectivity index (χ2n) is 4.41. The van der Waals surface area contributed by atoms with E-state index < -0.39 is 0 Å². The number of hydrogen-bond acceptors (Lipinski definition) is 4.